The molecule has 2 aliphatic rings. The number of fused-ring (bicyclic) bond motifs is 1. The maximum Gasteiger partial charge on any atom is 0.227 e. The number of amides is 1. The Morgan fingerprint density at radius 1 is 1.11 bits per heavy atom. The first-order valence-electron chi connectivity index (χ1n) is 12.6. The molecule has 1 amide bonds. The molecule has 200 valence electrons. The van der Waals surface area contributed by atoms with Crippen LogP contribution in [0.15, 0.2) is 40.9 Å². The molecule has 38 heavy (non-hydrogen) atoms. The second-order valence-electron chi connectivity index (χ2n) is 10.1. The van der Waals surface area contributed by atoms with Gasteiger partial charge >= 0.3 is 0 Å². The smallest absolute Gasteiger partial charge is 0.227 e. The quantitative estimate of drug-likeness (QED) is 0.278. The fourth-order valence-electron chi connectivity index (χ4n) is 5.83. The minimum Gasteiger partial charge on any atom is -0.361 e. The topological polar surface area (TPSA) is 105 Å². The molecule has 2 N–H and O–H groups in total. The molecular formula is C27H28ClFN4O4S. The summed E-state index contributed by atoms with van der Waals surface area (Å²) in [6.45, 7) is 3.77. The standard InChI is InChI=1S/C27H28ClFN4O4S/c1-15-26(16(2)37-31-15)17-3-6-23-22(13-17)30-27(33(23)18-9-11-38(35,36)12-10-18)24-7-8-25(34)32(24)19-4-5-20(28)21(29)14-19/h3-6,13-14,18,24,35-36H,7-12H2,1-2H3. The summed E-state index contributed by atoms with van der Waals surface area (Å²) in [5.74, 6) is 1.38. The first kappa shape index (κ1) is 25.4. The molecule has 4 heterocycles. The Labute approximate surface area is 225 Å². The molecule has 6 rings (SSSR count). The predicted octanol–water partition coefficient (Wildman–Crippen LogP) is 7.05. The van der Waals surface area contributed by atoms with Gasteiger partial charge in [-0.05, 0) is 69.0 Å². The molecule has 0 spiro atoms. The fourth-order valence-corrected chi connectivity index (χ4v) is 7.45. The minimum absolute atomic E-state index is 0.00256. The number of carbonyl (C=O) groups is 1. The maximum absolute atomic E-state index is 14.4. The van der Waals surface area contributed by atoms with Crippen molar-refractivity contribution in [2.24, 2.45) is 0 Å². The fraction of sp³-hybridized carbons (Fsp3) is 0.370. The van der Waals surface area contributed by atoms with E-state index in [4.69, 9.17) is 21.1 Å². The van der Waals surface area contributed by atoms with Gasteiger partial charge in [0, 0.05) is 35.2 Å². The monoisotopic (exact) mass is 558 g/mol. The van der Waals surface area contributed by atoms with Crippen molar-refractivity contribution >= 4 is 44.8 Å². The van der Waals surface area contributed by atoms with Crippen LogP contribution in [0.1, 0.15) is 55.0 Å². The zero-order chi connectivity index (χ0) is 26.8. The van der Waals surface area contributed by atoms with Crippen molar-refractivity contribution in [2.45, 2.75) is 51.6 Å². The molecule has 4 aromatic rings. The Hall–Kier alpha value is -2.92. The molecule has 2 aromatic carbocycles. The molecule has 0 aliphatic carbocycles. The van der Waals surface area contributed by atoms with Crippen LogP contribution >= 0.6 is 22.2 Å². The third-order valence-corrected chi connectivity index (χ3v) is 9.74. The average Bonchev–Trinajstić information content (AvgIpc) is 3.55. The molecule has 0 radical (unpaired) electrons. The lowest BCUT2D eigenvalue weighted by atomic mass is 10.0. The highest BCUT2D eigenvalue weighted by molar-refractivity contribution is 8.24. The maximum atomic E-state index is 14.4. The zero-order valence-electron chi connectivity index (χ0n) is 21.0. The van der Waals surface area contributed by atoms with E-state index in [1.165, 1.54) is 12.1 Å². The zero-order valence-corrected chi connectivity index (χ0v) is 22.6. The molecule has 11 heteroatoms. The second-order valence-corrected chi connectivity index (χ2v) is 12.9. The van der Waals surface area contributed by atoms with E-state index in [1.807, 2.05) is 32.0 Å². The van der Waals surface area contributed by atoms with Crippen molar-refractivity contribution in [3.05, 3.63) is 64.5 Å². The van der Waals surface area contributed by atoms with Gasteiger partial charge in [-0.25, -0.2) is 9.37 Å². The summed E-state index contributed by atoms with van der Waals surface area (Å²) >= 11 is 5.91. The van der Waals surface area contributed by atoms with Gasteiger partial charge in [0.2, 0.25) is 5.91 Å². The Kier molecular flexibility index (Phi) is 6.26. The van der Waals surface area contributed by atoms with Gasteiger partial charge in [0.1, 0.15) is 17.4 Å². The highest BCUT2D eigenvalue weighted by atomic mass is 35.5. The van der Waals surface area contributed by atoms with Gasteiger partial charge in [-0.15, -0.1) is 0 Å². The van der Waals surface area contributed by atoms with Gasteiger partial charge in [0.15, 0.2) is 0 Å². The number of carbonyl (C=O) groups excluding carboxylic acids is 1. The number of hydrogen-bond donors (Lipinski definition) is 2. The number of halogens is 2. The molecule has 2 saturated heterocycles. The van der Waals surface area contributed by atoms with Gasteiger partial charge in [-0.3, -0.25) is 13.9 Å². The largest absolute Gasteiger partial charge is 0.361 e. The van der Waals surface area contributed by atoms with Crippen LogP contribution in [0.25, 0.3) is 22.2 Å². The van der Waals surface area contributed by atoms with Crippen molar-refractivity contribution in [1.29, 1.82) is 0 Å². The van der Waals surface area contributed by atoms with Crippen LogP contribution in [0.5, 0.6) is 0 Å². The van der Waals surface area contributed by atoms with Crippen LogP contribution in [0.2, 0.25) is 5.02 Å². The Morgan fingerprint density at radius 2 is 1.87 bits per heavy atom. The van der Waals surface area contributed by atoms with Gasteiger partial charge in [-0.1, -0.05) is 22.8 Å². The van der Waals surface area contributed by atoms with E-state index < -0.39 is 22.4 Å². The predicted molar refractivity (Wildman–Crippen MR) is 146 cm³/mol. The van der Waals surface area contributed by atoms with E-state index in [2.05, 4.69) is 9.72 Å². The molecule has 2 fully saturated rings. The number of imidazole rings is 1. The lowest BCUT2D eigenvalue weighted by molar-refractivity contribution is -0.117. The minimum atomic E-state index is -2.58. The van der Waals surface area contributed by atoms with Gasteiger partial charge in [0.25, 0.3) is 0 Å². The van der Waals surface area contributed by atoms with Gasteiger partial charge < -0.3 is 14.0 Å². The summed E-state index contributed by atoms with van der Waals surface area (Å²) in [5.41, 5.74) is 4.74. The summed E-state index contributed by atoms with van der Waals surface area (Å²) in [6.07, 6.45) is 2.02. The number of aromatic nitrogens is 3. The number of benzene rings is 2. The van der Waals surface area contributed by atoms with E-state index in [0.717, 1.165) is 33.6 Å². The van der Waals surface area contributed by atoms with Crippen LogP contribution in [0.4, 0.5) is 10.1 Å². The summed E-state index contributed by atoms with van der Waals surface area (Å²) in [5, 5.41) is 4.08. The van der Waals surface area contributed by atoms with Crippen molar-refractivity contribution < 1.29 is 22.8 Å². The first-order chi connectivity index (χ1) is 18.1. The van der Waals surface area contributed by atoms with Gasteiger partial charge in [-0.2, -0.15) is 10.6 Å². The molecule has 1 atom stereocenters. The molecule has 2 aromatic heterocycles. The van der Waals surface area contributed by atoms with E-state index in [0.29, 0.717) is 48.7 Å². The molecule has 1 unspecified atom stereocenters. The number of hydrogen-bond acceptors (Lipinski definition) is 6. The Morgan fingerprint density at radius 3 is 2.55 bits per heavy atom. The summed E-state index contributed by atoms with van der Waals surface area (Å²) in [7, 11) is -2.58. The molecular weight excluding hydrogens is 531 g/mol. The van der Waals surface area contributed by atoms with Gasteiger partial charge in [0.05, 0.1) is 27.8 Å². The second kappa shape index (κ2) is 9.37. The molecule has 0 bridgehead atoms. The van der Waals surface area contributed by atoms with E-state index in [9.17, 15) is 18.3 Å². The number of rotatable bonds is 4. The Balaban J connectivity index is 1.50. The van der Waals surface area contributed by atoms with Crippen molar-refractivity contribution in [3.63, 3.8) is 0 Å². The summed E-state index contributed by atoms with van der Waals surface area (Å²) in [4.78, 5) is 19.8. The van der Waals surface area contributed by atoms with E-state index in [1.54, 1.807) is 11.0 Å². The number of nitrogens with zero attached hydrogens (tertiary/aromatic N) is 4. The van der Waals surface area contributed by atoms with E-state index in [-0.39, 0.29) is 17.0 Å². The molecule has 0 saturated carbocycles. The van der Waals surface area contributed by atoms with Crippen LogP contribution in [-0.4, -0.2) is 41.2 Å². The van der Waals surface area contributed by atoms with Crippen molar-refractivity contribution in [1.82, 2.24) is 14.7 Å². The van der Waals surface area contributed by atoms with Crippen LogP contribution < -0.4 is 4.90 Å². The molecule has 8 nitrogen and oxygen atoms in total. The van der Waals surface area contributed by atoms with Crippen LogP contribution in [0.3, 0.4) is 0 Å². The number of aryl methyl sites for hydroxylation is 2. The first-order valence-corrected chi connectivity index (χ1v) is 14.8. The van der Waals surface area contributed by atoms with Crippen LogP contribution in [0, 0.1) is 19.7 Å². The number of anilines is 1. The summed E-state index contributed by atoms with van der Waals surface area (Å²) in [6, 6.07) is 10.0. The average molecular weight is 559 g/mol. The SMILES string of the molecule is Cc1noc(C)c1-c1ccc2c(c1)nc(C1CCC(=O)N1c1ccc(Cl)c(F)c1)n2C1CCS(O)(O)CC1. The third-order valence-electron chi connectivity index (χ3n) is 7.65. The van der Waals surface area contributed by atoms with E-state index >= 15 is 0 Å². The highest BCUT2D eigenvalue weighted by Gasteiger charge is 2.39. The van der Waals surface area contributed by atoms with Crippen LogP contribution in [-0.2, 0) is 4.79 Å². The summed E-state index contributed by atoms with van der Waals surface area (Å²) < 4.78 is 42.4. The lowest BCUT2D eigenvalue weighted by Gasteiger charge is -2.40. The van der Waals surface area contributed by atoms with Crippen molar-refractivity contribution in [3.8, 4) is 11.1 Å². The third kappa shape index (κ3) is 4.29. The Bertz CT molecular complexity index is 1540. The normalized spacial score (nSPS) is 20.9. The molecule has 2 aliphatic heterocycles. The van der Waals surface area contributed by atoms with Crippen molar-refractivity contribution in [2.75, 3.05) is 16.4 Å². The lowest BCUT2D eigenvalue weighted by Crippen LogP contribution is -2.31. The highest BCUT2D eigenvalue weighted by Crippen LogP contribution is 2.49.